The molecule has 0 radical (unpaired) electrons. The summed E-state index contributed by atoms with van der Waals surface area (Å²) in [5.74, 6) is 0.197. The van der Waals surface area contributed by atoms with Gasteiger partial charge in [-0.2, -0.15) is 0 Å². The van der Waals surface area contributed by atoms with Crippen molar-refractivity contribution in [2.75, 3.05) is 13.2 Å². The predicted molar refractivity (Wildman–Crippen MR) is 61.8 cm³/mol. The van der Waals surface area contributed by atoms with Gasteiger partial charge in [0.15, 0.2) is 6.23 Å². The van der Waals surface area contributed by atoms with Gasteiger partial charge < -0.3 is 9.64 Å². The molecule has 1 aromatic rings. The van der Waals surface area contributed by atoms with Crippen molar-refractivity contribution in [1.29, 1.82) is 0 Å². The molecule has 3 heteroatoms. The third-order valence-corrected chi connectivity index (χ3v) is 2.80. The lowest BCUT2D eigenvalue weighted by atomic mass is 10.2. The van der Waals surface area contributed by atoms with Gasteiger partial charge in [0.1, 0.15) is 0 Å². The number of nitrogens with zero attached hydrogens (tertiary/aromatic N) is 1. The lowest BCUT2D eigenvalue weighted by molar-refractivity contribution is -0.141. The smallest absolute Gasteiger partial charge is 0.224 e. The van der Waals surface area contributed by atoms with E-state index in [1.807, 2.05) is 42.2 Å². The molecule has 0 spiro atoms. The number of carbonyl (C=O) groups excluding carboxylic acids is 1. The van der Waals surface area contributed by atoms with Crippen molar-refractivity contribution in [3.8, 4) is 0 Å². The normalized spacial score (nSPS) is 17.8. The van der Waals surface area contributed by atoms with Gasteiger partial charge in [-0.05, 0) is 13.3 Å². The van der Waals surface area contributed by atoms with E-state index in [0.29, 0.717) is 13.0 Å². The number of benzene rings is 1. The Labute approximate surface area is 96.0 Å². The molecule has 0 saturated carbocycles. The van der Waals surface area contributed by atoms with Crippen LogP contribution < -0.4 is 0 Å². The maximum Gasteiger partial charge on any atom is 0.224 e. The monoisotopic (exact) mass is 219 g/mol. The van der Waals surface area contributed by atoms with Crippen molar-refractivity contribution in [2.24, 2.45) is 0 Å². The summed E-state index contributed by atoms with van der Waals surface area (Å²) in [7, 11) is 0. The van der Waals surface area contributed by atoms with Gasteiger partial charge in [0, 0.05) is 25.1 Å². The summed E-state index contributed by atoms with van der Waals surface area (Å²) >= 11 is 0. The predicted octanol–water partition coefficient (Wildman–Crippen LogP) is 2.34. The van der Waals surface area contributed by atoms with Crippen LogP contribution in [0.3, 0.4) is 0 Å². The van der Waals surface area contributed by atoms with Gasteiger partial charge in [-0.1, -0.05) is 30.3 Å². The molecule has 86 valence electrons. The van der Waals surface area contributed by atoms with Crippen molar-refractivity contribution < 1.29 is 9.53 Å². The summed E-state index contributed by atoms with van der Waals surface area (Å²) in [5.41, 5.74) is 1.06. The number of hydrogen-bond donors (Lipinski definition) is 0. The third-order valence-electron chi connectivity index (χ3n) is 2.80. The lowest BCUT2D eigenvalue weighted by Crippen LogP contribution is -2.31. The molecule has 16 heavy (non-hydrogen) atoms. The van der Waals surface area contributed by atoms with Crippen LogP contribution in [0.25, 0.3) is 0 Å². The minimum atomic E-state index is -0.207. The van der Waals surface area contributed by atoms with E-state index in [-0.39, 0.29) is 12.1 Å². The number of hydrogen-bond acceptors (Lipinski definition) is 2. The first kappa shape index (κ1) is 11.1. The Balaban J connectivity index is 2.20. The van der Waals surface area contributed by atoms with Crippen LogP contribution in [0.2, 0.25) is 0 Å². The van der Waals surface area contributed by atoms with E-state index in [9.17, 15) is 4.79 Å². The molecule has 1 unspecified atom stereocenters. The van der Waals surface area contributed by atoms with Gasteiger partial charge in [-0.15, -0.1) is 0 Å². The largest absolute Gasteiger partial charge is 0.354 e. The Hall–Kier alpha value is -1.35. The maximum atomic E-state index is 11.7. The second-order valence-electron chi connectivity index (χ2n) is 3.91. The summed E-state index contributed by atoms with van der Waals surface area (Å²) in [6.07, 6.45) is 1.38. The van der Waals surface area contributed by atoms with E-state index >= 15 is 0 Å². The molecule has 0 bridgehead atoms. The standard InChI is InChI=1S/C13H17NO2/c1-2-16-13(11-7-4-3-5-8-11)14-10-6-9-12(14)15/h3-5,7-8,13H,2,6,9-10H2,1H3. The van der Waals surface area contributed by atoms with Crippen LogP contribution in [-0.4, -0.2) is 24.0 Å². The molecule has 2 rings (SSSR count). The number of likely N-dealkylation sites (tertiary alicyclic amines) is 1. The Morgan fingerprint density at radius 3 is 2.69 bits per heavy atom. The molecule has 1 atom stereocenters. The highest BCUT2D eigenvalue weighted by Crippen LogP contribution is 2.26. The summed E-state index contributed by atoms with van der Waals surface area (Å²) in [5, 5.41) is 0. The molecule has 1 saturated heterocycles. The van der Waals surface area contributed by atoms with Gasteiger partial charge in [-0.3, -0.25) is 4.79 Å². The number of ether oxygens (including phenoxy) is 1. The van der Waals surface area contributed by atoms with Crippen molar-refractivity contribution >= 4 is 5.91 Å². The molecule has 1 fully saturated rings. The Morgan fingerprint density at radius 1 is 1.38 bits per heavy atom. The lowest BCUT2D eigenvalue weighted by Gasteiger charge is -2.27. The number of carbonyl (C=O) groups is 1. The second-order valence-corrected chi connectivity index (χ2v) is 3.91. The first-order valence-corrected chi connectivity index (χ1v) is 5.79. The zero-order valence-electron chi connectivity index (χ0n) is 9.56. The first-order valence-electron chi connectivity index (χ1n) is 5.79. The molecular weight excluding hydrogens is 202 g/mol. The minimum absolute atomic E-state index is 0.197. The van der Waals surface area contributed by atoms with Crippen molar-refractivity contribution in [3.63, 3.8) is 0 Å². The molecule has 1 aliphatic rings. The van der Waals surface area contributed by atoms with Crippen molar-refractivity contribution in [2.45, 2.75) is 26.0 Å². The SMILES string of the molecule is CCOC(c1ccccc1)N1CCCC1=O. The van der Waals surface area contributed by atoms with Gasteiger partial charge in [0.2, 0.25) is 5.91 Å². The first-order chi connectivity index (χ1) is 7.83. The average molecular weight is 219 g/mol. The second kappa shape index (κ2) is 5.12. The van der Waals surface area contributed by atoms with Crippen LogP contribution in [0.1, 0.15) is 31.6 Å². The summed E-state index contributed by atoms with van der Waals surface area (Å²) in [6.45, 7) is 3.37. The van der Waals surface area contributed by atoms with Gasteiger partial charge in [0.05, 0.1) is 0 Å². The van der Waals surface area contributed by atoms with Gasteiger partial charge in [0.25, 0.3) is 0 Å². The third kappa shape index (κ3) is 2.25. The molecule has 0 aliphatic carbocycles. The van der Waals surface area contributed by atoms with Crippen LogP contribution in [0.5, 0.6) is 0 Å². The Bertz CT molecular complexity index is 350. The summed E-state index contributed by atoms with van der Waals surface area (Å²) in [6, 6.07) is 9.93. The van der Waals surface area contributed by atoms with Gasteiger partial charge >= 0.3 is 0 Å². The van der Waals surface area contributed by atoms with Crippen molar-refractivity contribution in [3.05, 3.63) is 35.9 Å². The minimum Gasteiger partial charge on any atom is -0.354 e. The summed E-state index contributed by atoms with van der Waals surface area (Å²) < 4.78 is 5.69. The molecule has 0 N–H and O–H groups in total. The zero-order chi connectivity index (χ0) is 11.4. The molecule has 1 aromatic carbocycles. The number of amides is 1. The van der Waals surface area contributed by atoms with E-state index < -0.39 is 0 Å². The fraction of sp³-hybridized carbons (Fsp3) is 0.462. The van der Waals surface area contributed by atoms with Crippen LogP contribution >= 0.6 is 0 Å². The Morgan fingerprint density at radius 2 is 2.12 bits per heavy atom. The molecule has 1 amide bonds. The highest BCUT2D eigenvalue weighted by Gasteiger charge is 2.29. The van der Waals surface area contributed by atoms with E-state index in [1.54, 1.807) is 0 Å². The number of rotatable bonds is 4. The molecule has 1 heterocycles. The van der Waals surface area contributed by atoms with E-state index in [1.165, 1.54) is 0 Å². The molecular formula is C13H17NO2. The van der Waals surface area contributed by atoms with Crippen LogP contribution in [0.15, 0.2) is 30.3 Å². The molecule has 0 aromatic heterocycles. The highest BCUT2D eigenvalue weighted by molar-refractivity contribution is 5.78. The van der Waals surface area contributed by atoms with E-state index in [2.05, 4.69) is 0 Å². The fourth-order valence-corrected chi connectivity index (χ4v) is 2.06. The molecule has 1 aliphatic heterocycles. The van der Waals surface area contributed by atoms with Crippen molar-refractivity contribution in [1.82, 2.24) is 4.90 Å². The van der Waals surface area contributed by atoms with E-state index in [4.69, 9.17) is 4.74 Å². The topological polar surface area (TPSA) is 29.5 Å². The maximum absolute atomic E-state index is 11.7. The van der Waals surface area contributed by atoms with Crippen LogP contribution in [0.4, 0.5) is 0 Å². The summed E-state index contributed by atoms with van der Waals surface area (Å²) in [4.78, 5) is 13.5. The van der Waals surface area contributed by atoms with Crippen LogP contribution in [0, 0.1) is 0 Å². The Kier molecular flexibility index (Phi) is 3.57. The zero-order valence-corrected chi connectivity index (χ0v) is 9.56. The average Bonchev–Trinajstić information content (AvgIpc) is 2.73. The quantitative estimate of drug-likeness (QED) is 0.778. The van der Waals surface area contributed by atoms with E-state index in [0.717, 1.165) is 18.5 Å². The van der Waals surface area contributed by atoms with Crippen LogP contribution in [-0.2, 0) is 9.53 Å². The van der Waals surface area contributed by atoms with Gasteiger partial charge in [-0.25, -0.2) is 0 Å². The highest BCUT2D eigenvalue weighted by atomic mass is 16.5. The molecule has 3 nitrogen and oxygen atoms in total. The fourth-order valence-electron chi connectivity index (χ4n) is 2.06.